The van der Waals surface area contributed by atoms with Gasteiger partial charge in [-0.2, -0.15) is 0 Å². The molecule has 0 aliphatic carbocycles. The standard InChI is InChI=1S/C13H21NO4S/c1-14(19(16,17)10-6-5-9-15)11-12-7-3-4-8-13(12)18-2/h3-4,7-8,15H,5-6,9-11H2,1-2H3. The molecular weight excluding hydrogens is 266 g/mol. The van der Waals surface area contributed by atoms with Gasteiger partial charge in [0, 0.05) is 25.8 Å². The van der Waals surface area contributed by atoms with Crippen molar-refractivity contribution < 1.29 is 18.3 Å². The molecule has 5 nitrogen and oxygen atoms in total. The number of rotatable bonds is 8. The third-order valence-corrected chi connectivity index (χ3v) is 4.75. The van der Waals surface area contributed by atoms with Crippen LogP contribution in [0.2, 0.25) is 0 Å². The predicted molar refractivity (Wildman–Crippen MR) is 74.6 cm³/mol. The van der Waals surface area contributed by atoms with Gasteiger partial charge in [-0.05, 0) is 18.9 Å². The summed E-state index contributed by atoms with van der Waals surface area (Å²) in [6.45, 7) is 0.303. The van der Waals surface area contributed by atoms with E-state index in [9.17, 15) is 8.42 Å². The van der Waals surface area contributed by atoms with Crippen molar-refractivity contribution in [1.82, 2.24) is 4.31 Å². The monoisotopic (exact) mass is 287 g/mol. The predicted octanol–water partition coefficient (Wildman–Crippen LogP) is 1.23. The molecular formula is C13H21NO4S. The van der Waals surface area contributed by atoms with Gasteiger partial charge in [0.1, 0.15) is 5.75 Å². The maximum Gasteiger partial charge on any atom is 0.214 e. The van der Waals surface area contributed by atoms with Crippen LogP contribution in [0.4, 0.5) is 0 Å². The lowest BCUT2D eigenvalue weighted by molar-refractivity contribution is 0.287. The highest BCUT2D eigenvalue weighted by molar-refractivity contribution is 7.89. The number of hydrogen-bond acceptors (Lipinski definition) is 4. The van der Waals surface area contributed by atoms with Gasteiger partial charge in [-0.25, -0.2) is 12.7 Å². The van der Waals surface area contributed by atoms with Gasteiger partial charge in [-0.1, -0.05) is 18.2 Å². The van der Waals surface area contributed by atoms with Gasteiger partial charge < -0.3 is 9.84 Å². The Bertz CT molecular complexity index is 487. The largest absolute Gasteiger partial charge is 0.496 e. The van der Waals surface area contributed by atoms with E-state index < -0.39 is 10.0 Å². The average molecular weight is 287 g/mol. The topological polar surface area (TPSA) is 66.8 Å². The van der Waals surface area contributed by atoms with Gasteiger partial charge in [-0.15, -0.1) is 0 Å². The van der Waals surface area contributed by atoms with Gasteiger partial charge in [0.15, 0.2) is 0 Å². The van der Waals surface area contributed by atoms with Crippen molar-refractivity contribution in [3.8, 4) is 5.75 Å². The summed E-state index contributed by atoms with van der Waals surface area (Å²) in [6.07, 6.45) is 0.969. The van der Waals surface area contributed by atoms with Gasteiger partial charge in [0.2, 0.25) is 10.0 Å². The molecule has 1 aromatic rings. The van der Waals surface area contributed by atoms with Crippen molar-refractivity contribution in [3.05, 3.63) is 29.8 Å². The SMILES string of the molecule is COc1ccccc1CN(C)S(=O)(=O)CCCCO. The number of hydrogen-bond donors (Lipinski definition) is 1. The molecule has 0 bridgehead atoms. The minimum Gasteiger partial charge on any atom is -0.496 e. The summed E-state index contributed by atoms with van der Waals surface area (Å²) >= 11 is 0. The van der Waals surface area contributed by atoms with Crippen molar-refractivity contribution >= 4 is 10.0 Å². The number of para-hydroxylation sites is 1. The van der Waals surface area contributed by atoms with E-state index in [1.165, 1.54) is 4.31 Å². The molecule has 0 spiro atoms. The van der Waals surface area contributed by atoms with Gasteiger partial charge in [0.25, 0.3) is 0 Å². The fourth-order valence-corrected chi connectivity index (χ4v) is 2.94. The van der Waals surface area contributed by atoms with E-state index in [1.54, 1.807) is 14.2 Å². The Balaban J connectivity index is 2.70. The molecule has 0 radical (unpaired) electrons. The number of sulfonamides is 1. The molecule has 108 valence electrons. The Kier molecular flexibility index (Phi) is 6.27. The number of benzene rings is 1. The summed E-state index contributed by atoms with van der Waals surface area (Å²) in [7, 11) is -0.169. The molecule has 0 atom stereocenters. The summed E-state index contributed by atoms with van der Waals surface area (Å²) in [5.74, 6) is 0.735. The van der Waals surface area contributed by atoms with Crippen LogP contribution in [0.3, 0.4) is 0 Å². The number of unbranched alkanes of at least 4 members (excludes halogenated alkanes) is 1. The van der Waals surface area contributed by atoms with E-state index in [-0.39, 0.29) is 18.9 Å². The smallest absolute Gasteiger partial charge is 0.214 e. The summed E-state index contributed by atoms with van der Waals surface area (Å²) in [5.41, 5.74) is 0.832. The van der Waals surface area contributed by atoms with Crippen LogP contribution in [0.25, 0.3) is 0 Å². The first kappa shape index (κ1) is 15.9. The van der Waals surface area contributed by atoms with Crippen LogP contribution in [0.15, 0.2) is 24.3 Å². The Hall–Kier alpha value is -1.11. The second-order valence-corrected chi connectivity index (χ2v) is 6.51. The van der Waals surface area contributed by atoms with E-state index >= 15 is 0 Å². The molecule has 0 fully saturated rings. The van der Waals surface area contributed by atoms with Crippen molar-refractivity contribution in [3.63, 3.8) is 0 Å². The van der Waals surface area contributed by atoms with Crippen molar-refractivity contribution in [2.75, 3.05) is 26.5 Å². The molecule has 6 heteroatoms. The maximum atomic E-state index is 12.0. The Morgan fingerprint density at radius 3 is 2.58 bits per heavy atom. The molecule has 1 N–H and O–H groups in total. The molecule has 1 aromatic carbocycles. The van der Waals surface area contributed by atoms with Crippen LogP contribution < -0.4 is 4.74 Å². The summed E-state index contributed by atoms with van der Waals surface area (Å²) in [5, 5.41) is 8.68. The first-order chi connectivity index (χ1) is 9.01. The third kappa shape index (κ3) is 4.81. The van der Waals surface area contributed by atoms with Crippen LogP contribution in [-0.4, -0.2) is 44.3 Å². The first-order valence-corrected chi connectivity index (χ1v) is 7.79. The van der Waals surface area contributed by atoms with Crippen molar-refractivity contribution in [1.29, 1.82) is 0 Å². The highest BCUT2D eigenvalue weighted by atomic mass is 32.2. The number of methoxy groups -OCH3 is 1. The minimum atomic E-state index is -3.29. The second-order valence-electron chi connectivity index (χ2n) is 4.31. The molecule has 0 aliphatic rings. The van der Waals surface area contributed by atoms with E-state index in [4.69, 9.17) is 9.84 Å². The van der Waals surface area contributed by atoms with Gasteiger partial charge >= 0.3 is 0 Å². The molecule has 0 unspecified atom stereocenters. The first-order valence-electron chi connectivity index (χ1n) is 6.18. The Labute approximate surface area is 114 Å². The zero-order valence-electron chi connectivity index (χ0n) is 11.4. The van der Waals surface area contributed by atoms with Gasteiger partial charge in [0.05, 0.1) is 12.9 Å². The third-order valence-electron chi connectivity index (χ3n) is 2.87. The highest BCUT2D eigenvalue weighted by Gasteiger charge is 2.18. The second kappa shape index (κ2) is 7.47. The van der Waals surface area contributed by atoms with Crippen LogP contribution in [0.5, 0.6) is 5.75 Å². The van der Waals surface area contributed by atoms with E-state index in [2.05, 4.69) is 0 Å². The zero-order chi connectivity index (χ0) is 14.3. The molecule has 0 aromatic heterocycles. The quantitative estimate of drug-likeness (QED) is 0.730. The summed E-state index contributed by atoms with van der Waals surface area (Å²) in [6, 6.07) is 7.35. The Morgan fingerprint density at radius 1 is 1.26 bits per heavy atom. The minimum absolute atomic E-state index is 0.0196. The molecule has 0 saturated carbocycles. The number of aliphatic hydroxyl groups is 1. The molecule has 0 aliphatic heterocycles. The van der Waals surface area contributed by atoms with E-state index in [0.717, 1.165) is 5.56 Å². The molecule has 0 heterocycles. The highest BCUT2D eigenvalue weighted by Crippen LogP contribution is 2.20. The summed E-state index contributed by atoms with van der Waals surface area (Å²) < 4.78 is 30.6. The lowest BCUT2D eigenvalue weighted by Gasteiger charge is -2.18. The van der Waals surface area contributed by atoms with Crippen LogP contribution in [0, 0.1) is 0 Å². The zero-order valence-corrected chi connectivity index (χ0v) is 12.2. The molecule has 0 amide bonds. The van der Waals surface area contributed by atoms with Crippen LogP contribution in [-0.2, 0) is 16.6 Å². The van der Waals surface area contributed by atoms with E-state index in [1.807, 2.05) is 24.3 Å². The van der Waals surface area contributed by atoms with Crippen LogP contribution >= 0.6 is 0 Å². The number of nitrogens with zero attached hydrogens (tertiary/aromatic N) is 1. The van der Waals surface area contributed by atoms with Crippen LogP contribution in [0.1, 0.15) is 18.4 Å². The number of ether oxygens (including phenoxy) is 1. The normalized spacial score (nSPS) is 11.8. The lowest BCUT2D eigenvalue weighted by atomic mass is 10.2. The molecule has 1 rings (SSSR count). The Morgan fingerprint density at radius 2 is 1.95 bits per heavy atom. The number of aliphatic hydroxyl groups excluding tert-OH is 1. The van der Waals surface area contributed by atoms with Crippen molar-refractivity contribution in [2.45, 2.75) is 19.4 Å². The molecule has 0 saturated heterocycles. The van der Waals surface area contributed by atoms with Gasteiger partial charge in [-0.3, -0.25) is 0 Å². The molecule has 19 heavy (non-hydrogen) atoms. The lowest BCUT2D eigenvalue weighted by Crippen LogP contribution is -2.29. The maximum absolute atomic E-state index is 12.0. The fourth-order valence-electron chi connectivity index (χ4n) is 1.72. The van der Waals surface area contributed by atoms with E-state index in [0.29, 0.717) is 18.6 Å². The fraction of sp³-hybridized carbons (Fsp3) is 0.538. The summed E-state index contributed by atoms with van der Waals surface area (Å²) in [4.78, 5) is 0. The average Bonchev–Trinajstić information content (AvgIpc) is 2.39. The van der Waals surface area contributed by atoms with Crippen molar-refractivity contribution in [2.24, 2.45) is 0 Å².